The highest BCUT2D eigenvalue weighted by molar-refractivity contribution is 8.12. The number of carbonyl (C=O) groups excluding carboxylic acids is 1. The SMILES string of the molecule is CSC(=O)NC1CCN(C)CC1. The Bertz CT molecular complexity index is 155. The molecule has 1 saturated heterocycles. The molecule has 12 heavy (non-hydrogen) atoms. The molecular formula is C8H16N2OS. The molecule has 1 N–H and O–H groups in total. The monoisotopic (exact) mass is 188 g/mol. The fraction of sp³-hybridized carbons (Fsp3) is 0.875. The van der Waals surface area contributed by atoms with E-state index >= 15 is 0 Å². The van der Waals surface area contributed by atoms with Gasteiger partial charge in [0.15, 0.2) is 0 Å². The number of carbonyl (C=O) groups is 1. The lowest BCUT2D eigenvalue weighted by atomic mass is 10.1. The van der Waals surface area contributed by atoms with Gasteiger partial charge in [0.1, 0.15) is 0 Å². The molecule has 0 radical (unpaired) electrons. The van der Waals surface area contributed by atoms with Crippen LogP contribution >= 0.6 is 11.8 Å². The zero-order valence-electron chi connectivity index (χ0n) is 7.67. The van der Waals surface area contributed by atoms with E-state index in [0.29, 0.717) is 6.04 Å². The summed E-state index contributed by atoms with van der Waals surface area (Å²) in [6.45, 7) is 2.19. The molecule has 0 unspecified atom stereocenters. The summed E-state index contributed by atoms with van der Waals surface area (Å²) in [5.41, 5.74) is 0. The van der Waals surface area contributed by atoms with Gasteiger partial charge in [0, 0.05) is 6.04 Å². The van der Waals surface area contributed by atoms with E-state index in [-0.39, 0.29) is 5.24 Å². The van der Waals surface area contributed by atoms with Crippen molar-refractivity contribution >= 4 is 17.0 Å². The summed E-state index contributed by atoms with van der Waals surface area (Å²) in [6, 6.07) is 0.404. The van der Waals surface area contributed by atoms with E-state index in [1.807, 2.05) is 6.26 Å². The summed E-state index contributed by atoms with van der Waals surface area (Å²) >= 11 is 1.26. The highest BCUT2D eigenvalue weighted by atomic mass is 32.2. The molecule has 1 aliphatic heterocycles. The summed E-state index contributed by atoms with van der Waals surface area (Å²) in [5.74, 6) is 0. The van der Waals surface area contributed by atoms with Crippen molar-refractivity contribution in [3.05, 3.63) is 0 Å². The smallest absolute Gasteiger partial charge is 0.278 e. The Hall–Kier alpha value is -0.220. The molecule has 0 aliphatic carbocycles. The lowest BCUT2D eigenvalue weighted by Gasteiger charge is -2.29. The number of likely N-dealkylation sites (tertiary alicyclic amines) is 1. The van der Waals surface area contributed by atoms with Crippen LogP contribution in [0.1, 0.15) is 12.8 Å². The molecule has 0 aromatic carbocycles. The predicted octanol–water partition coefficient (Wildman–Crippen LogP) is 1.15. The molecule has 1 amide bonds. The fourth-order valence-corrected chi connectivity index (χ4v) is 1.66. The van der Waals surface area contributed by atoms with E-state index in [1.54, 1.807) is 0 Å². The van der Waals surface area contributed by atoms with Crippen LogP contribution in [0.4, 0.5) is 4.79 Å². The molecule has 1 aliphatic rings. The number of amides is 1. The lowest BCUT2D eigenvalue weighted by molar-refractivity contribution is 0.227. The standard InChI is InChI=1S/C8H16N2OS/c1-10-5-3-7(4-6-10)9-8(11)12-2/h7H,3-6H2,1-2H3,(H,9,11). The van der Waals surface area contributed by atoms with Crippen molar-refractivity contribution in [3.63, 3.8) is 0 Å². The Balaban J connectivity index is 2.21. The van der Waals surface area contributed by atoms with E-state index in [2.05, 4.69) is 17.3 Å². The summed E-state index contributed by atoms with van der Waals surface area (Å²) < 4.78 is 0. The van der Waals surface area contributed by atoms with Crippen molar-refractivity contribution in [2.75, 3.05) is 26.4 Å². The van der Waals surface area contributed by atoms with Gasteiger partial charge in [0.25, 0.3) is 5.24 Å². The molecule has 70 valence electrons. The number of nitrogens with zero attached hydrogens (tertiary/aromatic N) is 1. The van der Waals surface area contributed by atoms with Gasteiger partial charge in [-0.3, -0.25) is 4.79 Å². The normalized spacial score (nSPS) is 20.8. The van der Waals surface area contributed by atoms with Crippen LogP contribution in [0.15, 0.2) is 0 Å². The molecule has 0 saturated carbocycles. The van der Waals surface area contributed by atoms with E-state index in [1.165, 1.54) is 11.8 Å². The maximum Gasteiger partial charge on any atom is 0.278 e. The number of hydrogen-bond acceptors (Lipinski definition) is 3. The third-order valence-electron chi connectivity index (χ3n) is 2.23. The average molecular weight is 188 g/mol. The van der Waals surface area contributed by atoms with Crippen molar-refractivity contribution in [1.82, 2.24) is 10.2 Å². The van der Waals surface area contributed by atoms with Crippen LogP contribution in [0.5, 0.6) is 0 Å². The van der Waals surface area contributed by atoms with Crippen LogP contribution < -0.4 is 5.32 Å². The number of hydrogen-bond donors (Lipinski definition) is 1. The summed E-state index contributed by atoms with van der Waals surface area (Å²) in [4.78, 5) is 13.3. The number of piperidine rings is 1. The minimum Gasteiger partial charge on any atom is -0.344 e. The maximum absolute atomic E-state index is 11.0. The third-order valence-corrected chi connectivity index (χ3v) is 2.71. The molecule has 4 heteroatoms. The molecule has 0 bridgehead atoms. The topological polar surface area (TPSA) is 32.3 Å². The van der Waals surface area contributed by atoms with E-state index < -0.39 is 0 Å². The first-order chi connectivity index (χ1) is 5.72. The maximum atomic E-state index is 11.0. The highest BCUT2D eigenvalue weighted by Crippen LogP contribution is 2.09. The second kappa shape index (κ2) is 4.72. The van der Waals surface area contributed by atoms with E-state index in [9.17, 15) is 4.79 Å². The predicted molar refractivity (Wildman–Crippen MR) is 52.6 cm³/mol. The number of thioether (sulfide) groups is 1. The fourth-order valence-electron chi connectivity index (χ4n) is 1.38. The van der Waals surface area contributed by atoms with Crippen LogP contribution in [0, 0.1) is 0 Å². The summed E-state index contributed by atoms with van der Waals surface area (Å²) in [7, 11) is 2.12. The minimum absolute atomic E-state index is 0.101. The van der Waals surface area contributed by atoms with E-state index in [0.717, 1.165) is 25.9 Å². The van der Waals surface area contributed by atoms with Gasteiger partial charge < -0.3 is 10.2 Å². The molecule has 1 rings (SSSR count). The molecule has 0 aromatic heterocycles. The molecule has 1 fully saturated rings. The molecule has 0 atom stereocenters. The van der Waals surface area contributed by atoms with Gasteiger partial charge >= 0.3 is 0 Å². The quantitative estimate of drug-likeness (QED) is 0.670. The first-order valence-electron chi connectivity index (χ1n) is 4.25. The summed E-state index contributed by atoms with van der Waals surface area (Å²) in [6.07, 6.45) is 3.98. The van der Waals surface area contributed by atoms with Crippen LogP contribution in [0.3, 0.4) is 0 Å². The highest BCUT2D eigenvalue weighted by Gasteiger charge is 2.17. The molecule has 1 heterocycles. The largest absolute Gasteiger partial charge is 0.344 e. The molecule has 0 aromatic rings. The van der Waals surface area contributed by atoms with Crippen LogP contribution in [0.2, 0.25) is 0 Å². The van der Waals surface area contributed by atoms with Gasteiger partial charge in [0.2, 0.25) is 0 Å². The van der Waals surface area contributed by atoms with Gasteiger partial charge in [-0.25, -0.2) is 0 Å². The van der Waals surface area contributed by atoms with Crippen molar-refractivity contribution in [3.8, 4) is 0 Å². The zero-order chi connectivity index (χ0) is 8.97. The third kappa shape index (κ3) is 3.03. The Morgan fingerprint density at radius 3 is 2.58 bits per heavy atom. The van der Waals surface area contributed by atoms with Gasteiger partial charge in [-0.15, -0.1) is 0 Å². The zero-order valence-corrected chi connectivity index (χ0v) is 8.49. The van der Waals surface area contributed by atoms with Gasteiger partial charge in [-0.1, -0.05) is 11.8 Å². The number of rotatable bonds is 1. The molecular weight excluding hydrogens is 172 g/mol. The Morgan fingerprint density at radius 2 is 2.08 bits per heavy atom. The summed E-state index contributed by atoms with van der Waals surface area (Å²) in [5, 5.41) is 3.09. The van der Waals surface area contributed by atoms with Crippen molar-refractivity contribution in [1.29, 1.82) is 0 Å². The van der Waals surface area contributed by atoms with Gasteiger partial charge in [-0.2, -0.15) is 0 Å². The molecule has 0 spiro atoms. The Kier molecular flexibility index (Phi) is 3.88. The number of nitrogens with one attached hydrogen (secondary N) is 1. The first-order valence-corrected chi connectivity index (χ1v) is 5.48. The van der Waals surface area contributed by atoms with Crippen molar-refractivity contribution in [2.45, 2.75) is 18.9 Å². The lowest BCUT2D eigenvalue weighted by Crippen LogP contribution is -2.42. The van der Waals surface area contributed by atoms with Crippen LogP contribution in [0.25, 0.3) is 0 Å². The Morgan fingerprint density at radius 1 is 1.50 bits per heavy atom. The minimum atomic E-state index is 0.101. The van der Waals surface area contributed by atoms with Crippen LogP contribution in [-0.4, -0.2) is 42.6 Å². The Labute approximate surface area is 77.9 Å². The second-order valence-corrected chi connectivity index (χ2v) is 3.99. The second-order valence-electron chi connectivity index (χ2n) is 3.21. The average Bonchev–Trinajstić information content (AvgIpc) is 2.09. The van der Waals surface area contributed by atoms with Gasteiger partial charge in [0.05, 0.1) is 0 Å². The van der Waals surface area contributed by atoms with E-state index in [4.69, 9.17) is 0 Å². The van der Waals surface area contributed by atoms with Crippen molar-refractivity contribution < 1.29 is 4.79 Å². The van der Waals surface area contributed by atoms with Crippen LogP contribution in [-0.2, 0) is 0 Å². The van der Waals surface area contributed by atoms with Gasteiger partial charge in [-0.05, 0) is 39.2 Å². The van der Waals surface area contributed by atoms with Crippen molar-refractivity contribution in [2.24, 2.45) is 0 Å². The molecule has 3 nitrogen and oxygen atoms in total. The first kappa shape index (κ1) is 9.86.